The van der Waals surface area contributed by atoms with Crippen LogP contribution in [0.15, 0.2) is 53.1 Å². The van der Waals surface area contributed by atoms with Crippen LogP contribution < -0.4 is 10.1 Å². The van der Waals surface area contributed by atoms with Crippen LogP contribution in [0.1, 0.15) is 45.4 Å². The zero-order chi connectivity index (χ0) is 22.4. The molecule has 0 aliphatic carbocycles. The van der Waals surface area contributed by atoms with Gasteiger partial charge in [0, 0.05) is 6.54 Å². The summed E-state index contributed by atoms with van der Waals surface area (Å²) in [7, 11) is 0. The number of nitrogens with one attached hydrogen (secondary N) is 1. The molecule has 7 nitrogen and oxygen atoms in total. The van der Waals surface area contributed by atoms with Gasteiger partial charge in [-0.05, 0) is 57.5 Å². The molecule has 1 heterocycles. The molecule has 3 aromatic rings. The van der Waals surface area contributed by atoms with Gasteiger partial charge in [0.1, 0.15) is 18.1 Å². The number of carbonyl (C=O) groups excluding carboxylic acids is 2. The molecule has 1 amide bonds. The van der Waals surface area contributed by atoms with Crippen molar-refractivity contribution in [1.82, 2.24) is 10.5 Å². The molecular formula is C24H26N2O5. The molecule has 2 aromatic carbocycles. The lowest BCUT2D eigenvalue weighted by molar-refractivity contribution is -0.129. The summed E-state index contributed by atoms with van der Waals surface area (Å²) >= 11 is 0. The van der Waals surface area contributed by atoms with E-state index in [1.165, 1.54) is 0 Å². The Balaban J connectivity index is 1.48. The molecule has 3 rings (SSSR count). The molecule has 0 saturated heterocycles. The maximum absolute atomic E-state index is 12.4. The second kappa shape index (κ2) is 9.93. The number of esters is 1. The summed E-state index contributed by atoms with van der Waals surface area (Å²) in [4.78, 5) is 24.6. The molecule has 7 heteroatoms. The summed E-state index contributed by atoms with van der Waals surface area (Å²) in [6.07, 6.45) is -0.909. The third-order valence-electron chi connectivity index (χ3n) is 4.89. The zero-order valence-corrected chi connectivity index (χ0v) is 18.1. The predicted octanol–water partition coefficient (Wildman–Crippen LogP) is 4.04. The Morgan fingerprint density at radius 3 is 2.32 bits per heavy atom. The Kier molecular flexibility index (Phi) is 7.07. The van der Waals surface area contributed by atoms with Gasteiger partial charge in [-0.15, -0.1) is 0 Å². The van der Waals surface area contributed by atoms with E-state index in [0.717, 1.165) is 22.4 Å². The van der Waals surface area contributed by atoms with Gasteiger partial charge in [0.15, 0.2) is 6.10 Å². The van der Waals surface area contributed by atoms with Gasteiger partial charge in [0.2, 0.25) is 0 Å². The van der Waals surface area contributed by atoms with Gasteiger partial charge in [-0.3, -0.25) is 4.79 Å². The van der Waals surface area contributed by atoms with Crippen molar-refractivity contribution in [3.05, 3.63) is 82.2 Å². The van der Waals surface area contributed by atoms with Crippen LogP contribution in [0, 0.1) is 20.8 Å². The fourth-order valence-corrected chi connectivity index (χ4v) is 2.87. The number of benzene rings is 2. The smallest absolute Gasteiger partial charge is 0.338 e. The molecule has 0 aliphatic rings. The van der Waals surface area contributed by atoms with E-state index in [2.05, 4.69) is 10.5 Å². The number of hydrogen-bond acceptors (Lipinski definition) is 6. The fourth-order valence-electron chi connectivity index (χ4n) is 2.87. The van der Waals surface area contributed by atoms with E-state index < -0.39 is 12.1 Å². The highest BCUT2D eigenvalue weighted by Gasteiger charge is 2.19. The van der Waals surface area contributed by atoms with Gasteiger partial charge in [-0.2, -0.15) is 0 Å². The number of rotatable bonds is 8. The van der Waals surface area contributed by atoms with Crippen LogP contribution in [-0.2, 0) is 22.7 Å². The van der Waals surface area contributed by atoms with Crippen LogP contribution >= 0.6 is 0 Å². The first-order valence-electron chi connectivity index (χ1n) is 10.0. The molecule has 1 N–H and O–H groups in total. The molecule has 0 aliphatic heterocycles. The monoisotopic (exact) mass is 422 g/mol. The number of amides is 1. The predicted molar refractivity (Wildman–Crippen MR) is 115 cm³/mol. The Labute approximate surface area is 181 Å². The Morgan fingerprint density at radius 2 is 1.71 bits per heavy atom. The molecule has 0 spiro atoms. The Morgan fingerprint density at radius 1 is 1.03 bits per heavy atom. The first-order chi connectivity index (χ1) is 14.8. The van der Waals surface area contributed by atoms with E-state index in [1.807, 2.05) is 45.0 Å². The fraction of sp³-hybridized carbons (Fsp3) is 0.292. The quantitative estimate of drug-likeness (QED) is 0.551. The van der Waals surface area contributed by atoms with Crippen LogP contribution in [-0.4, -0.2) is 23.1 Å². The average Bonchev–Trinajstić information content (AvgIpc) is 3.09. The van der Waals surface area contributed by atoms with Crippen LogP contribution in [0.2, 0.25) is 0 Å². The minimum atomic E-state index is -0.909. The largest absolute Gasteiger partial charge is 0.489 e. The van der Waals surface area contributed by atoms with E-state index in [4.69, 9.17) is 14.0 Å². The normalized spacial score (nSPS) is 11.6. The maximum atomic E-state index is 12.4. The van der Waals surface area contributed by atoms with Gasteiger partial charge < -0.3 is 19.3 Å². The van der Waals surface area contributed by atoms with Crippen molar-refractivity contribution in [3.63, 3.8) is 0 Å². The van der Waals surface area contributed by atoms with Crippen LogP contribution in [0.3, 0.4) is 0 Å². The van der Waals surface area contributed by atoms with Crippen molar-refractivity contribution in [2.24, 2.45) is 0 Å². The van der Waals surface area contributed by atoms with Crippen molar-refractivity contribution in [3.8, 4) is 5.75 Å². The van der Waals surface area contributed by atoms with E-state index in [9.17, 15) is 9.59 Å². The number of ether oxygens (including phenoxy) is 2. The highest BCUT2D eigenvalue weighted by Crippen LogP contribution is 2.18. The molecule has 0 saturated carbocycles. The van der Waals surface area contributed by atoms with Crippen LogP contribution in [0.25, 0.3) is 0 Å². The second-order valence-corrected chi connectivity index (χ2v) is 7.37. The Bertz CT molecular complexity index is 1020. The van der Waals surface area contributed by atoms with Gasteiger partial charge in [-0.1, -0.05) is 35.0 Å². The second-order valence-electron chi connectivity index (χ2n) is 7.37. The molecular weight excluding hydrogens is 396 g/mol. The van der Waals surface area contributed by atoms with Crippen molar-refractivity contribution in [1.29, 1.82) is 0 Å². The number of nitrogens with zero attached hydrogens (tertiary/aromatic N) is 1. The van der Waals surface area contributed by atoms with Gasteiger partial charge in [-0.25, -0.2) is 4.79 Å². The van der Waals surface area contributed by atoms with Crippen molar-refractivity contribution in [2.45, 2.75) is 47.0 Å². The van der Waals surface area contributed by atoms with Crippen molar-refractivity contribution >= 4 is 11.9 Å². The highest BCUT2D eigenvalue weighted by atomic mass is 16.5. The average molecular weight is 422 g/mol. The van der Waals surface area contributed by atoms with Crippen LogP contribution in [0.5, 0.6) is 5.75 Å². The number of aryl methyl sites for hydroxylation is 3. The van der Waals surface area contributed by atoms with E-state index in [0.29, 0.717) is 30.2 Å². The van der Waals surface area contributed by atoms with Crippen molar-refractivity contribution in [2.75, 3.05) is 0 Å². The third-order valence-corrected chi connectivity index (χ3v) is 4.89. The Hall–Kier alpha value is -3.61. The molecule has 1 aromatic heterocycles. The number of hydrogen-bond donors (Lipinski definition) is 1. The SMILES string of the molecule is Cc1ccc(CNC(=O)[C@H](C)OC(=O)c2ccc(OCc3c(C)noc3C)cc2)cc1. The van der Waals surface area contributed by atoms with E-state index in [1.54, 1.807) is 31.2 Å². The molecule has 1 atom stereocenters. The summed E-state index contributed by atoms with van der Waals surface area (Å²) in [6, 6.07) is 14.4. The lowest BCUT2D eigenvalue weighted by Crippen LogP contribution is -2.35. The summed E-state index contributed by atoms with van der Waals surface area (Å²) in [6.45, 7) is 7.93. The first-order valence-corrected chi connectivity index (χ1v) is 10.0. The van der Waals surface area contributed by atoms with Gasteiger partial charge in [0.25, 0.3) is 5.91 Å². The highest BCUT2D eigenvalue weighted by molar-refractivity contribution is 5.92. The molecule has 31 heavy (non-hydrogen) atoms. The van der Waals surface area contributed by atoms with E-state index in [-0.39, 0.29) is 5.91 Å². The molecule has 0 radical (unpaired) electrons. The number of carbonyl (C=O) groups is 2. The summed E-state index contributed by atoms with van der Waals surface area (Å²) in [5.41, 5.74) is 4.14. The minimum Gasteiger partial charge on any atom is -0.489 e. The standard InChI is InChI=1S/C24H26N2O5/c1-15-5-7-19(8-6-15)13-25-23(27)18(4)30-24(28)20-9-11-21(12-10-20)29-14-22-16(2)26-31-17(22)3/h5-12,18H,13-14H2,1-4H3,(H,25,27)/t18-/m0/s1. The lowest BCUT2D eigenvalue weighted by atomic mass is 10.1. The van der Waals surface area contributed by atoms with Crippen LogP contribution in [0.4, 0.5) is 0 Å². The topological polar surface area (TPSA) is 90.7 Å². The summed E-state index contributed by atoms with van der Waals surface area (Å²) in [5.74, 6) is 0.386. The number of aromatic nitrogens is 1. The first kappa shape index (κ1) is 22.1. The summed E-state index contributed by atoms with van der Waals surface area (Å²) < 4.78 is 16.1. The third kappa shape index (κ3) is 5.94. The maximum Gasteiger partial charge on any atom is 0.338 e. The molecule has 0 unspecified atom stereocenters. The van der Waals surface area contributed by atoms with E-state index >= 15 is 0 Å². The van der Waals surface area contributed by atoms with Crippen molar-refractivity contribution < 1.29 is 23.6 Å². The molecule has 0 fully saturated rings. The lowest BCUT2D eigenvalue weighted by Gasteiger charge is -2.14. The molecule has 0 bridgehead atoms. The summed E-state index contributed by atoms with van der Waals surface area (Å²) in [5, 5.41) is 6.67. The zero-order valence-electron chi connectivity index (χ0n) is 18.1. The molecule has 162 valence electrons. The van der Waals surface area contributed by atoms with Gasteiger partial charge >= 0.3 is 5.97 Å². The van der Waals surface area contributed by atoms with Gasteiger partial charge in [0.05, 0.1) is 16.8 Å². The minimum absolute atomic E-state index is 0.323.